The van der Waals surface area contributed by atoms with Gasteiger partial charge >= 0.3 is 5.97 Å². The Hall–Kier alpha value is -1.40. The normalized spacial score (nSPS) is 21.2. The van der Waals surface area contributed by atoms with E-state index in [1.54, 1.807) is 4.90 Å². The molecule has 0 saturated carbocycles. The lowest BCUT2D eigenvalue weighted by Gasteiger charge is -2.39. The first kappa shape index (κ1) is 17.9. The molecule has 0 bridgehead atoms. The van der Waals surface area contributed by atoms with E-state index in [0.717, 1.165) is 10.0 Å². The highest BCUT2D eigenvalue weighted by molar-refractivity contribution is 9.10. The topological polar surface area (TPSA) is 66.8 Å². The summed E-state index contributed by atoms with van der Waals surface area (Å²) in [6.45, 7) is 0.992. The summed E-state index contributed by atoms with van der Waals surface area (Å²) in [4.78, 5) is 25.7. The van der Waals surface area contributed by atoms with Crippen LogP contribution in [0.4, 0.5) is 0 Å². The van der Waals surface area contributed by atoms with Crippen LogP contribution in [0.2, 0.25) is 0 Å². The Bertz CT molecular complexity index is 556. The molecule has 0 radical (unpaired) electrons. The average Bonchev–Trinajstić information content (AvgIpc) is 2.54. The number of halogens is 1. The van der Waals surface area contributed by atoms with Crippen LogP contribution in [0.5, 0.6) is 0 Å². The molecule has 1 aliphatic rings. The third-order valence-corrected chi connectivity index (χ3v) is 4.87. The minimum atomic E-state index is -0.972. The number of amides is 1. The summed E-state index contributed by atoms with van der Waals surface area (Å²) in [7, 11) is 1.50. The van der Waals surface area contributed by atoms with Gasteiger partial charge in [0.2, 0.25) is 5.91 Å². The quantitative estimate of drug-likeness (QED) is 0.819. The second-order valence-electron chi connectivity index (χ2n) is 6.06. The number of aliphatic carboxylic acids is 1. The number of carbonyl (C=O) groups is 2. The van der Waals surface area contributed by atoms with Crippen LogP contribution in [-0.4, -0.2) is 48.7 Å². The van der Waals surface area contributed by atoms with E-state index < -0.39 is 11.4 Å². The molecule has 1 amide bonds. The summed E-state index contributed by atoms with van der Waals surface area (Å²) in [6, 6.07) is 7.88. The predicted molar refractivity (Wildman–Crippen MR) is 90.2 cm³/mol. The standard InChI is InChI=1S/C17H22BrNO4/c1-23-12-17(16(21)22)9-2-10-19(11-17)15(20)8-5-13-3-6-14(18)7-4-13/h3-4,6-7H,2,5,8-12H2,1H3,(H,21,22). The molecule has 0 aliphatic carbocycles. The summed E-state index contributed by atoms with van der Waals surface area (Å²) in [5.74, 6) is -0.876. The van der Waals surface area contributed by atoms with Crippen LogP contribution in [-0.2, 0) is 20.7 Å². The number of likely N-dealkylation sites (tertiary alicyclic amines) is 1. The van der Waals surface area contributed by atoms with Gasteiger partial charge in [0.05, 0.1) is 6.61 Å². The fraction of sp³-hybridized carbons (Fsp3) is 0.529. The third-order valence-electron chi connectivity index (χ3n) is 4.34. The molecule has 0 spiro atoms. The van der Waals surface area contributed by atoms with Crippen LogP contribution in [0, 0.1) is 5.41 Å². The molecule has 23 heavy (non-hydrogen) atoms. The number of carbonyl (C=O) groups excluding carboxylic acids is 1. The summed E-state index contributed by atoms with van der Waals surface area (Å²) in [5, 5.41) is 9.53. The number of hydrogen-bond donors (Lipinski definition) is 1. The Morgan fingerprint density at radius 2 is 2.04 bits per heavy atom. The van der Waals surface area contributed by atoms with Gasteiger partial charge in [-0.2, -0.15) is 0 Å². The number of carboxylic acids is 1. The predicted octanol–water partition coefficient (Wildman–Crippen LogP) is 2.72. The van der Waals surface area contributed by atoms with Gasteiger partial charge in [-0.1, -0.05) is 28.1 Å². The number of carboxylic acid groups (broad SMARTS) is 1. The van der Waals surface area contributed by atoms with Crippen molar-refractivity contribution in [2.45, 2.75) is 25.7 Å². The van der Waals surface area contributed by atoms with Gasteiger partial charge in [0, 0.05) is 31.1 Å². The molecule has 1 unspecified atom stereocenters. The monoisotopic (exact) mass is 383 g/mol. The lowest BCUT2D eigenvalue weighted by molar-refractivity contribution is -0.159. The highest BCUT2D eigenvalue weighted by Crippen LogP contribution is 2.31. The molecular formula is C17H22BrNO4. The van der Waals surface area contributed by atoms with E-state index in [2.05, 4.69) is 15.9 Å². The van der Waals surface area contributed by atoms with Crippen LogP contribution in [0.3, 0.4) is 0 Å². The molecule has 1 aromatic carbocycles. The maximum atomic E-state index is 12.4. The number of nitrogens with zero attached hydrogens (tertiary/aromatic N) is 1. The number of rotatable bonds is 6. The van der Waals surface area contributed by atoms with Gasteiger partial charge in [-0.15, -0.1) is 0 Å². The first-order valence-corrected chi connectivity index (χ1v) is 8.51. The Kier molecular flexibility index (Phi) is 6.18. The van der Waals surface area contributed by atoms with Crippen molar-refractivity contribution in [2.24, 2.45) is 5.41 Å². The smallest absolute Gasteiger partial charge is 0.313 e. The second kappa shape index (κ2) is 7.93. The van der Waals surface area contributed by atoms with Crippen molar-refractivity contribution in [3.63, 3.8) is 0 Å². The molecule has 1 saturated heterocycles. The van der Waals surface area contributed by atoms with Crippen LogP contribution < -0.4 is 0 Å². The van der Waals surface area contributed by atoms with Gasteiger partial charge in [-0.25, -0.2) is 0 Å². The van der Waals surface area contributed by atoms with Crippen molar-refractivity contribution in [3.8, 4) is 0 Å². The van der Waals surface area contributed by atoms with E-state index in [1.807, 2.05) is 24.3 Å². The number of piperidine rings is 1. The van der Waals surface area contributed by atoms with Crippen molar-refractivity contribution in [1.29, 1.82) is 0 Å². The first-order chi connectivity index (χ1) is 11.0. The number of methoxy groups -OCH3 is 1. The van der Waals surface area contributed by atoms with Crippen molar-refractivity contribution in [1.82, 2.24) is 4.90 Å². The van der Waals surface area contributed by atoms with E-state index in [0.29, 0.717) is 32.2 Å². The molecule has 1 fully saturated rings. The number of ether oxygens (including phenoxy) is 1. The molecule has 6 heteroatoms. The van der Waals surface area contributed by atoms with E-state index in [9.17, 15) is 14.7 Å². The molecular weight excluding hydrogens is 362 g/mol. The fourth-order valence-corrected chi connectivity index (χ4v) is 3.30. The largest absolute Gasteiger partial charge is 0.481 e. The van der Waals surface area contributed by atoms with E-state index in [1.165, 1.54) is 7.11 Å². The molecule has 5 nitrogen and oxygen atoms in total. The first-order valence-electron chi connectivity index (χ1n) is 7.71. The zero-order valence-corrected chi connectivity index (χ0v) is 14.8. The Morgan fingerprint density at radius 3 is 2.65 bits per heavy atom. The van der Waals surface area contributed by atoms with E-state index >= 15 is 0 Å². The zero-order chi connectivity index (χ0) is 16.9. The zero-order valence-electron chi connectivity index (χ0n) is 13.3. The maximum Gasteiger partial charge on any atom is 0.313 e. The van der Waals surface area contributed by atoms with E-state index in [-0.39, 0.29) is 19.1 Å². The lowest BCUT2D eigenvalue weighted by Crippen LogP contribution is -2.52. The van der Waals surface area contributed by atoms with Crippen LogP contribution >= 0.6 is 15.9 Å². The van der Waals surface area contributed by atoms with Crippen LogP contribution in [0.15, 0.2) is 28.7 Å². The molecule has 1 N–H and O–H groups in total. The van der Waals surface area contributed by atoms with Crippen molar-refractivity contribution >= 4 is 27.8 Å². The Balaban J connectivity index is 1.96. The highest BCUT2D eigenvalue weighted by Gasteiger charge is 2.43. The molecule has 1 aliphatic heterocycles. The summed E-state index contributed by atoms with van der Waals surface area (Å²) >= 11 is 3.39. The van der Waals surface area contributed by atoms with Crippen molar-refractivity contribution in [2.75, 3.05) is 26.8 Å². The van der Waals surface area contributed by atoms with Gasteiger partial charge in [-0.05, 0) is 37.0 Å². The van der Waals surface area contributed by atoms with Gasteiger partial charge in [0.25, 0.3) is 0 Å². The van der Waals surface area contributed by atoms with Gasteiger partial charge in [0.1, 0.15) is 5.41 Å². The van der Waals surface area contributed by atoms with Crippen molar-refractivity contribution in [3.05, 3.63) is 34.3 Å². The molecule has 0 aromatic heterocycles. The minimum Gasteiger partial charge on any atom is -0.481 e. The molecule has 1 heterocycles. The second-order valence-corrected chi connectivity index (χ2v) is 6.98. The SMILES string of the molecule is COCC1(C(=O)O)CCCN(C(=O)CCc2ccc(Br)cc2)C1. The van der Waals surface area contributed by atoms with Crippen LogP contribution in [0.25, 0.3) is 0 Å². The summed E-state index contributed by atoms with van der Waals surface area (Å²) < 4.78 is 6.10. The van der Waals surface area contributed by atoms with Gasteiger partial charge in [0.15, 0.2) is 0 Å². The van der Waals surface area contributed by atoms with Gasteiger partial charge in [-0.3, -0.25) is 9.59 Å². The summed E-state index contributed by atoms with van der Waals surface area (Å²) in [6.07, 6.45) is 2.30. The third kappa shape index (κ3) is 4.54. The molecule has 2 rings (SSSR count). The molecule has 1 aromatic rings. The molecule has 126 valence electrons. The Labute approximate surface area is 144 Å². The molecule has 1 atom stereocenters. The number of benzene rings is 1. The number of aryl methyl sites for hydroxylation is 1. The summed E-state index contributed by atoms with van der Waals surface area (Å²) in [5.41, 5.74) is 0.125. The lowest BCUT2D eigenvalue weighted by atomic mass is 9.80. The van der Waals surface area contributed by atoms with Crippen molar-refractivity contribution < 1.29 is 19.4 Å². The van der Waals surface area contributed by atoms with Gasteiger partial charge < -0.3 is 14.7 Å². The number of hydrogen-bond acceptors (Lipinski definition) is 3. The minimum absolute atomic E-state index is 0.00865. The van der Waals surface area contributed by atoms with E-state index in [4.69, 9.17) is 4.74 Å². The maximum absolute atomic E-state index is 12.4. The fourth-order valence-electron chi connectivity index (χ4n) is 3.04. The average molecular weight is 384 g/mol. The van der Waals surface area contributed by atoms with Crippen LogP contribution in [0.1, 0.15) is 24.8 Å². The Morgan fingerprint density at radius 1 is 1.35 bits per heavy atom. The highest BCUT2D eigenvalue weighted by atomic mass is 79.9.